The molecular formula is C24H24N4O2. The Morgan fingerprint density at radius 1 is 1.20 bits per heavy atom. The van der Waals surface area contributed by atoms with Crippen LogP contribution in [-0.4, -0.2) is 35.1 Å². The molecule has 3 N–H and O–H groups in total. The average molecular weight is 400 g/mol. The summed E-state index contributed by atoms with van der Waals surface area (Å²) in [6, 6.07) is 16.6. The quantitative estimate of drug-likeness (QED) is 0.563. The Kier molecular flexibility index (Phi) is 5.48. The highest BCUT2D eigenvalue weighted by Gasteiger charge is 2.23. The molecule has 1 atom stereocenters. The normalized spacial score (nSPS) is 16.6. The first kappa shape index (κ1) is 19.6. The Morgan fingerprint density at radius 2 is 1.97 bits per heavy atom. The maximum atomic E-state index is 12.6. The zero-order valence-corrected chi connectivity index (χ0v) is 16.8. The van der Waals surface area contributed by atoms with Crippen LogP contribution in [0.5, 0.6) is 0 Å². The maximum Gasteiger partial charge on any atom is 0.256 e. The smallest absolute Gasteiger partial charge is 0.256 e. The van der Waals surface area contributed by atoms with Crippen LogP contribution in [-0.2, 0) is 0 Å². The lowest BCUT2D eigenvalue weighted by Crippen LogP contribution is -2.28. The number of amides is 1. The summed E-state index contributed by atoms with van der Waals surface area (Å²) >= 11 is 0. The van der Waals surface area contributed by atoms with Crippen molar-refractivity contribution in [2.45, 2.75) is 13.3 Å². The third kappa shape index (κ3) is 4.03. The summed E-state index contributed by atoms with van der Waals surface area (Å²) in [7, 11) is 0. The van der Waals surface area contributed by atoms with E-state index in [1.54, 1.807) is 24.4 Å². The molecule has 152 valence electrons. The zero-order valence-electron chi connectivity index (χ0n) is 16.8. The lowest BCUT2D eigenvalue weighted by Gasteiger charge is -2.16. The molecule has 2 aromatic carbocycles. The minimum Gasteiger partial charge on any atom is -0.361 e. The second kappa shape index (κ2) is 8.37. The van der Waals surface area contributed by atoms with E-state index < -0.39 is 0 Å². The van der Waals surface area contributed by atoms with Gasteiger partial charge in [-0.05, 0) is 54.1 Å². The molecule has 2 heterocycles. The number of aromatic amines is 1. The van der Waals surface area contributed by atoms with Gasteiger partial charge in [-0.25, -0.2) is 0 Å². The minimum absolute atomic E-state index is 0.0596. The maximum absolute atomic E-state index is 12.6. The first-order valence-corrected chi connectivity index (χ1v) is 10.0. The SMILES string of the molecule is C[C@@H]1CCN(C(=O)c2ccc(N/C=C(\C=N)c3cc4ccccc4[nH]c3=O)cc2)C1. The van der Waals surface area contributed by atoms with E-state index in [-0.39, 0.29) is 11.5 Å². The van der Waals surface area contributed by atoms with Gasteiger partial charge in [0.1, 0.15) is 0 Å². The van der Waals surface area contributed by atoms with Gasteiger partial charge in [-0.3, -0.25) is 9.59 Å². The largest absolute Gasteiger partial charge is 0.361 e. The number of pyridine rings is 1. The molecule has 1 fully saturated rings. The third-order valence-electron chi connectivity index (χ3n) is 5.46. The summed E-state index contributed by atoms with van der Waals surface area (Å²) in [5, 5.41) is 11.8. The van der Waals surface area contributed by atoms with E-state index in [0.29, 0.717) is 22.6 Å². The van der Waals surface area contributed by atoms with Crippen LogP contribution in [0.3, 0.4) is 0 Å². The van der Waals surface area contributed by atoms with E-state index in [4.69, 9.17) is 5.41 Å². The van der Waals surface area contributed by atoms with Crippen molar-refractivity contribution in [2.24, 2.45) is 5.92 Å². The molecule has 0 unspecified atom stereocenters. The highest BCUT2D eigenvalue weighted by atomic mass is 16.2. The Hall–Kier alpha value is -3.67. The van der Waals surface area contributed by atoms with Gasteiger partial charge in [0.05, 0.1) is 5.56 Å². The monoisotopic (exact) mass is 400 g/mol. The molecule has 6 nitrogen and oxygen atoms in total. The fourth-order valence-electron chi connectivity index (χ4n) is 3.73. The van der Waals surface area contributed by atoms with Crippen LogP contribution in [0.2, 0.25) is 0 Å². The molecule has 30 heavy (non-hydrogen) atoms. The predicted molar refractivity (Wildman–Crippen MR) is 121 cm³/mol. The van der Waals surface area contributed by atoms with Gasteiger partial charge >= 0.3 is 0 Å². The number of aromatic nitrogens is 1. The number of hydrogen-bond donors (Lipinski definition) is 3. The van der Waals surface area contributed by atoms with Crippen molar-refractivity contribution >= 4 is 34.3 Å². The van der Waals surface area contributed by atoms with Crippen molar-refractivity contribution in [2.75, 3.05) is 18.4 Å². The highest BCUT2D eigenvalue weighted by molar-refractivity contribution is 6.09. The summed E-state index contributed by atoms with van der Waals surface area (Å²) in [6.07, 6.45) is 3.83. The Bertz CT molecular complexity index is 1180. The second-order valence-electron chi connectivity index (χ2n) is 7.71. The van der Waals surface area contributed by atoms with Crippen molar-refractivity contribution in [1.29, 1.82) is 5.41 Å². The number of carbonyl (C=O) groups excluding carboxylic acids is 1. The first-order chi connectivity index (χ1) is 14.5. The second-order valence-corrected chi connectivity index (χ2v) is 7.71. The van der Waals surface area contributed by atoms with Crippen molar-refractivity contribution in [3.05, 3.63) is 82.3 Å². The summed E-state index contributed by atoms with van der Waals surface area (Å²) in [5.41, 5.74) is 2.84. The number of carbonyl (C=O) groups is 1. The fraction of sp³-hybridized carbons (Fsp3) is 0.208. The summed E-state index contributed by atoms with van der Waals surface area (Å²) in [5.74, 6) is 0.613. The lowest BCUT2D eigenvalue weighted by molar-refractivity contribution is 0.0788. The lowest BCUT2D eigenvalue weighted by atomic mass is 10.1. The molecule has 1 saturated heterocycles. The van der Waals surface area contributed by atoms with Crippen LogP contribution in [0.15, 0.2) is 65.6 Å². The molecular weight excluding hydrogens is 376 g/mol. The summed E-state index contributed by atoms with van der Waals surface area (Å²) in [6.45, 7) is 3.78. The highest BCUT2D eigenvalue weighted by Crippen LogP contribution is 2.20. The number of allylic oxidation sites excluding steroid dienone is 1. The number of nitrogens with zero attached hydrogens (tertiary/aromatic N) is 1. The average Bonchev–Trinajstić information content (AvgIpc) is 3.20. The molecule has 3 aromatic rings. The molecule has 0 radical (unpaired) electrons. The molecule has 6 heteroatoms. The standard InChI is InChI=1S/C24H24N4O2/c1-16-10-11-28(15-16)24(30)17-6-8-20(9-7-17)26-14-19(13-25)21-12-18-4-2-3-5-22(18)27-23(21)29/h2-9,12-14,16,25-26H,10-11,15H2,1H3,(H,27,29)/b19-14+,25-13?/t16-/m1/s1. The van der Waals surface area contributed by atoms with Crippen LogP contribution < -0.4 is 10.9 Å². The molecule has 0 spiro atoms. The van der Waals surface area contributed by atoms with E-state index in [9.17, 15) is 9.59 Å². The van der Waals surface area contributed by atoms with Gasteiger partial charge in [-0.1, -0.05) is 25.1 Å². The van der Waals surface area contributed by atoms with Gasteiger partial charge in [-0.2, -0.15) is 0 Å². The van der Waals surface area contributed by atoms with Crippen molar-refractivity contribution in [3.63, 3.8) is 0 Å². The number of para-hydroxylation sites is 1. The number of rotatable bonds is 5. The minimum atomic E-state index is -0.244. The van der Waals surface area contributed by atoms with E-state index in [1.807, 2.05) is 41.3 Å². The fourth-order valence-corrected chi connectivity index (χ4v) is 3.73. The van der Waals surface area contributed by atoms with E-state index in [1.165, 1.54) is 0 Å². The number of nitrogens with one attached hydrogen (secondary N) is 3. The number of benzene rings is 2. The van der Waals surface area contributed by atoms with Crippen molar-refractivity contribution in [3.8, 4) is 0 Å². The van der Waals surface area contributed by atoms with Crippen LogP contribution in [0, 0.1) is 11.3 Å². The van der Waals surface area contributed by atoms with Gasteiger partial charge < -0.3 is 20.6 Å². The molecule has 4 rings (SSSR count). The van der Waals surface area contributed by atoms with E-state index in [0.717, 1.165) is 42.3 Å². The van der Waals surface area contributed by atoms with Gasteiger partial charge in [0.2, 0.25) is 0 Å². The molecule has 0 saturated carbocycles. The zero-order chi connectivity index (χ0) is 21.1. The van der Waals surface area contributed by atoms with Gasteiger partial charge in [0.25, 0.3) is 11.5 Å². The van der Waals surface area contributed by atoms with Crippen LogP contribution >= 0.6 is 0 Å². The number of anilines is 1. The summed E-state index contributed by atoms with van der Waals surface area (Å²) in [4.78, 5) is 29.8. The van der Waals surface area contributed by atoms with E-state index in [2.05, 4.69) is 17.2 Å². The Labute approximate surface area is 174 Å². The Balaban J connectivity index is 1.52. The van der Waals surface area contributed by atoms with Crippen LogP contribution in [0.1, 0.15) is 29.3 Å². The summed E-state index contributed by atoms with van der Waals surface area (Å²) < 4.78 is 0. The number of hydrogen-bond acceptors (Lipinski definition) is 4. The number of H-pyrrole nitrogens is 1. The molecule has 1 amide bonds. The molecule has 1 aliphatic heterocycles. The van der Waals surface area contributed by atoms with Gasteiger partial charge in [-0.15, -0.1) is 0 Å². The molecule has 0 bridgehead atoms. The van der Waals surface area contributed by atoms with Crippen molar-refractivity contribution < 1.29 is 4.79 Å². The molecule has 0 aliphatic carbocycles. The predicted octanol–water partition coefficient (Wildman–Crippen LogP) is 4.11. The van der Waals surface area contributed by atoms with Crippen LogP contribution in [0.4, 0.5) is 5.69 Å². The number of fused-ring (bicyclic) bond motifs is 1. The third-order valence-corrected chi connectivity index (χ3v) is 5.46. The van der Waals surface area contributed by atoms with Crippen molar-refractivity contribution in [1.82, 2.24) is 9.88 Å². The van der Waals surface area contributed by atoms with Gasteiger partial charge in [0.15, 0.2) is 0 Å². The van der Waals surface area contributed by atoms with Crippen LogP contribution in [0.25, 0.3) is 16.5 Å². The first-order valence-electron chi connectivity index (χ1n) is 10.0. The van der Waals surface area contributed by atoms with Gasteiger partial charge in [0, 0.05) is 47.8 Å². The topological polar surface area (TPSA) is 89.1 Å². The molecule has 1 aliphatic rings. The number of likely N-dealkylation sites (tertiary alicyclic amines) is 1. The van der Waals surface area contributed by atoms with E-state index >= 15 is 0 Å². The molecule has 1 aromatic heterocycles. The Morgan fingerprint density at radius 3 is 2.67 bits per heavy atom.